The average molecular weight is 393 g/mol. The number of benzene rings is 2. The SMILES string of the molecule is O=C(COc1ccc(Br)cc1)Nc1ccc(N2CCCC2)c(F)c1. The van der Waals surface area contributed by atoms with Crippen LogP contribution in [0, 0.1) is 5.82 Å². The van der Waals surface area contributed by atoms with Crippen molar-refractivity contribution in [2.45, 2.75) is 12.8 Å². The number of nitrogens with one attached hydrogen (secondary N) is 1. The van der Waals surface area contributed by atoms with E-state index in [1.807, 2.05) is 17.0 Å². The van der Waals surface area contributed by atoms with Gasteiger partial charge in [-0.15, -0.1) is 0 Å². The molecule has 24 heavy (non-hydrogen) atoms. The smallest absolute Gasteiger partial charge is 0.262 e. The fourth-order valence-electron chi connectivity index (χ4n) is 2.68. The molecule has 1 fully saturated rings. The maximum Gasteiger partial charge on any atom is 0.262 e. The lowest BCUT2D eigenvalue weighted by Crippen LogP contribution is -2.21. The molecule has 1 heterocycles. The van der Waals surface area contributed by atoms with Crippen LogP contribution in [0.2, 0.25) is 0 Å². The number of carbonyl (C=O) groups is 1. The zero-order valence-electron chi connectivity index (χ0n) is 13.1. The van der Waals surface area contributed by atoms with Crippen LogP contribution in [-0.2, 0) is 4.79 Å². The molecule has 0 saturated carbocycles. The van der Waals surface area contributed by atoms with Gasteiger partial charge in [0.2, 0.25) is 0 Å². The van der Waals surface area contributed by atoms with E-state index in [4.69, 9.17) is 4.74 Å². The first kappa shape index (κ1) is 16.8. The summed E-state index contributed by atoms with van der Waals surface area (Å²) < 4.78 is 20.5. The Morgan fingerprint density at radius 1 is 1.17 bits per heavy atom. The highest BCUT2D eigenvalue weighted by Crippen LogP contribution is 2.26. The van der Waals surface area contributed by atoms with Crippen molar-refractivity contribution in [3.8, 4) is 5.75 Å². The van der Waals surface area contributed by atoms with Gasteiger partial charge < -0.3 is 15.0 Å². The topological polar surface area (TPSA) is 41.6 Å². The van der Waals surface area contributed by atoms with Crippen LogP contribution >= 0.6 is 15.9 Å². The van der Waals surface area contributed by atoms with Gasteiger partial charge in [-0.1, -0.05) is 15.9 Å². The van der Waals surface area contributed by atoms with E-state index in [9.17, 15) is 9.18 Å². The van der Waals surface area contributed by atoms with Crippen LogP contribution in [0.1, 0.15) is 12.8 Å². The minimum absolute atomic E-state index is 0.128. The second-order valence-electron chi connectivity index (χ2n) is 5.65. The predicted octanol–water partition coefficient (Wildman–Crippen LogP) is 4.21. The molecular weight excluding hydrogens is 375 g/mol. The molecule has 0 aromatic heterocycles. The number of anilines is 2. The number of carbonyl (C=O) groups excluding carboxylic acids is 1. The highest BCUT2D eigenvalue weighted by Gasteiger charge is 2.16. The standard InChI is InChI=1S/C18H18BrFN2O2/c19-13-3-6-15(7-4-13)24-12-18(23)21-14-5-8-17(16(20)11-14)22-9-1-2-10-22/h3-8,11H,1-2,9-10,12H2,(H,21,23). The normalized spacial score (nSPS) is 13.8. The third-order valence-electron chi connectivity index (χ3n) is 3.86. The quantitative estimate of drug-likeness (QED) is 0.828. The van der Waals surface area contributed by atoms with Crippen molar-refractivity contribution in [1.82, 2.24) is 0 Å². The van der Waals surface area contributed by atoms with E-state index in [0.29, 0.717) is 17.1 Å². The van der Waals surface area contributed by atoms with Gasteiger partial charge in [0.05, 0.1) is 5.69 Å². The molecule has 1 aliphatic heterocycles. The highest BCUT2D eigenvalue weighted by atomic mass is 79.9. The van der Waals surface area contributed by atoms with Crippen molar-refractivity contribution in [1.29, 1.82) is 0 Å². The van der Waals surface area contributed by atoms with E-state index in [0.717, 1.165) is 30.4 Å². The minimum atomic E-state index is -0.328. The Bertz CT molecular complexity index is 715. The number of hydrogen-bond donors (Lipinski definition) is 1. The summed E-state index contributed by atoms with van der Waals surface area (Å²) in [6.07, 6.45) is 2.18. The van der Waals surface area contributed by atoms with Crippen molar-refractivity contribution in [2.24, 2.45) is 0 Å². The van der Waals surface area contributed by atoms with Crippen LogP contribution in [-0.4, -0.2) is 25.6 Å². The summed E-state index contributed by atoms with van der Waals surface area (Å²) >= 11 is 3.33. The van der Waals surface area contributed by atoms with Gasteiger partial charge in [-0.2, -0.15) is 0 Å². The molecule has 126 valence electrons. The maximum absolute atomic E-state index is 14.2. The lowest BCUT2D eigenvalue weighted by molar-refractivity contribution is -0.118. The largest absolute Gasteiger partial charge is 0.484 e. The zero-order chi connectivity index (χ0) is 16.9. The lowest BCUT2D eigenvalue weighted by atomic mass is 10.2. The van der Waals surface area contributed by atoms with Crippen LogP contribution in [0.25, 0.3) is 0 Å². The Morgan fingerprint density at radius 3 is 2.54 bits per heavy atom. The first-order valence-corrected chi connectivity index (χ1v) is 8.64. The third kappa shape index (κ3) is 4.26. The van der Waals surface area contributed by atoms with E-state index >= 15 is 0 Å². The molecule has 0 spiro atoms. The molecule has 2 aromatic carbocycles. The summed E-state index contributed by atoms with van der Waals surface area (Å²) in [4.78, 5) is 14.0. The van der Waals surface area contributed by atoms with E-state index < -0.39 is 0 Å². The molecule has 1 saturated heterocycles. The molecule has 1 N–H and O–H groups in total. The first-order chi connectivity index (χ1) is 11.6. The molecular formula is C18H18BrFN2O2. The molecule has 0 aliphatic carbocycles. The van der Waals surface area contributed by atoms with Crippen molar-refractivity contribution >= 4 is 33.2 Å². The minimum Gasteiger partial charge on any atom is -0.484 e. The van der Waals surface area contributed by atoms with Gasteiger partial charge >= 0.3 is 0 Å². The summed E-state index contributed by atoms with van der Waals surface area (Å²) in [6.45, 7) is 1.63. The Kier molecular flexibility index (Phi) is 5.35. The fourth-order valence-corrected chi connectivity index (χ4v) is 2.94. The van der Waals surface area contributed by atoms with Crippen molar-refractivity contribution in [2.75, 3.05) is 29.9 Å². The summed E-state index contributed by atoms with van der Waals surface area (Å²) in [7, 11) is 0. The Hall–Kier alpha value is -2.08. The highest BCUT2D eigenvalue weighted by molar-refractivity contribution is 9.10. The maximum atomic E-state index is 14.2. The summed E-state index contributed by atoms with van der Waals surface area (Å²) in [5.74, 6) is -0.0429. The first-order valence-electron chi connectivity index (χ1n) is 7.84. The molecule has 0 radical (unpaired) electrons. The van der Waals surface area contributed by atoms with Crippen LogP contribution < -0.4 is 15.0 Å². The van der Waals surface area contributed by atoms with E-state index in [-0.39, 0.29) is 18.3 Å². The second-order valence-corrected chi connectivity index (χ2v) is 6.57. The monoisotopic (exact) mass is 392 g/mol. The Morgan fingerprint density at radius 2 is 1.88 bits per heavy atom. The molecule has 0 unspecified atom stereocenters. The molecule has 1 amide bonds. The van der Waals surface area contributed by atoms with Crippen molar-refractivity contribution in [3.63, 3.8) is 0 Å². The molecule has 6 heteroatoms. The molecule has 4 nitrogen and oxygen atoms in total. The van der Waals surface area contributed by atoms with Crippen LogP contribution in [0.5, 0.6) is 5.75 Å². The van der Waals surface area contributed by atoms with E-state index in [2.05, 4.69) is 21.2 Å². The van der Waals surface area contributed by atoms with Gasteiger partial charge in [0.15, 0.2) is 6.61 Å². The summed E-state index contributed by atoms with van der Waals surface area (Å²) in [5, 5.41) is 2.65. The number of rotatable bonds is 5. The zero-order valence-corrected chi connectivity index (χ0v) is 14.7. The van der Waals surface area contributed by atoms with E-state index in [1.54, 1.807) is 24.3 Å². The number of ether oxygens (including phenoxy) is 1. The summed E-state index contributed by atoms with van der Waals surface area (Å²) in [6, 6.07) is 12.0. The fraction of sp³-hybridized carbons (Fsp3) is 0.278. The van der Waals surface area contributed by atoms with Gasteiger partial charge in [-0.25, -0.2) is 4.39 Å². The van der Waals surface area contributed by atoms with Gasteiger partial charge in [-0.3, -0.25) is 4.79 Å². The second kappa shape index (κ2) is 7.66. The van der Waals surface area contributed by atoms with Crippen LogP contribution in [0.3, 0.4) is 0 Å². The lowest BCUT2D eigenvalue weighted by Gasteiger charge is -2.18. The van der Waals surface area contributed by atoms with Gasteiger partial charge in [0.1, 0.15) is 11.6 Å². The molecule has 3 rings (SSSR count). The molecule has 0 bridgehead atoms. The van der Waals surface area contributed by atoms with Crippen molar-refractivity contribution < 1.29 is 13.9 Å². The number of nitrogens with zero attached hydrogens (tertiary/aromatic N) is 1. The van der Waals surface area contributed by atoms with Gasteiger partial charge in [-0.05, 0) is 55.3 Å². The number of hydrogen-bond acceptors (Lipinski definition) is 3. The number of amides is 1. The van der Waals surface area contributed by atoms with Crippen LogP contribution in [0.15, 0.2) is 46.9 Å². The summed E-state index contributed by atoms with van der Waals surface area (Å²) in [5.41, 5.74) is 1.02. The van der Waals surface area contributed by atoms with E-state index in [1.165, 1.54) is 6.07 Å². The number of halogens is 2. The van der Waals surface area contributed by atoms with Gasteiger partial charge in [0.25, 0.3) is 5.91 Å². The molecule has 0 atom stereocenters. The molecule has 1 aliphatic rings. The third-order valence-corrected chi connectivity index (χ3v) is 4.39. The Balaban J connectivity index is 1.56. The van der Waals surface area contributed by atoms with Crippen molar-refractivity contribution in [3.05, 3.63) is 52.8 Å². The van der Waals surface area contributed by atoms with Crippen LogP contribution in [0.4, 0.5) is 15.8 Å². The predicted molar refractivity (Wildman–Crippen MR) is 96.1 cm³/mol. The Labute approximate surface area is 148 Å². The molecule has 2 aromatic rings. The average Bonchev–Trinajstić information content (AvgIpc) is 3.09. The van der Waals surface area contributed by atoms with Gasteiger partial charge in [0, 0.05) is 23.2 Å².